The first kappa shape index (κ1) is 16.3. The molecule has 0 atom stereocenters. The van der Waals surface area contributed by atoms with Crippen LogP contribution in [0.2, 0.25) is 0 Å². The molecular formula is C17H14F2N4S. The average molecular weight is 344 g/mol. The highest BCUT2D eigenvalue weighted by Gasteiger charge is 2.23. The van der Waals surface area contributed by atoms with Gasteiger partial charge in [-0.3, -0.25) is 0 Å². The van der Waals surface area contributed by atoms with Crippen molar-refractivity contribution in [1.29, 1.82) is 5.26 Å². The largest absolute Gasteiger partial charge is 0.367 e. The van der Waals surface area contributed by atoms with Crippen molar-refractivity contribution in [3.05, 3.63) is 52.7 Å². The van der Waals surface area contributed by atoms with Crippen molar-refractivity contribution in [3.8, 4) is 6.07 Å². The first-order valence-corrected chi connectivity index (χ1v) is 8.23. The van der Waals surface area contributed by atoms with E-state index in [-0.39, 0.29) is 5.82 Å². The number of anilines is 1. The number of nitrogens with one attached hydrogen (secondary N) is 1. The normalized spacial score (nSPS) is 13.1. The summed E-state index contributed by atoms with van der Waals surface area (Å²) in [5, 5.41) is 13.3. The molecule has 3 aromatic rings. The number of halogens is 2. The molecule has 1 aliphatic rings. The summed E-state index contributed by atoms with van der Waals surface area (Å²) in [5.41, 5.74) is 0. The number of nitrogens with zero attached hydrogens (tertiary/aromatic N) is 3. The van der Waals surface area contributed by atoms with Gasteiger partial charge in [0.2, 0.25) is 5.82 Å². The van der Waals surface area contributed by atoms with Gasteiger partial charge in [0.1, 0.15) is 16.7 Å². The van der Waals surface area contributed by atoms with Gasteiger partial charge in [-0.15, -0.1) is 11.3 Å². The summed E-state index contributed by atoms with van der Waals surface area (Å²) in [4.78, 5) is 10.5. The van der Waals surface area contributed by atoms with Gasteiger partial charge in [-0.05, 0) is 38.0 Å². The summed E-state index contributed by atoms with van der Waals surface area (Å²) < 4.78 is 23.9. The Balaban J connectivity index is 0.000000179. The van der Waals surface area contributed by atoms with E-state index in [1.807, 2.05) is 13.0 Å². The number of hydrogen-bond donors (Lipinski definition) is 1. The van der Waals surface area contributed by atoms with Gasteiger partial charge in [0.05, 0.1) is 5.39 Å². The van der Waals surface area contributed by atoms with Crippen LogP contribution in [0.3, 0.4) is 0 Å². The van der Waals surface area contributed by atoms with E-state index in [2.05, 4.69) is 21.4 Å². The van der Waals surface area contributed by atoms with Crippen molar-refractivity contribution in [2.24, 2.45) is 0 Å². The van der Waals surface area contributed by atoms with Crippen molar-refractivity contribution in [2.45, 2.75) is 25.8 Å². The summed E-state index contributed by atoms with van der Waals surface area (Å²) in [6.45, 7) is 2.04. The van der Waals surface area contributed by atoms with Crippen LogP contribution < -0.4 is 5.32 Å². The van der Waals surface area contributed by atoms with E-state index in [4.69, 9.17) is 5.26 Å². The van der Waals surface area contributed by atoms with E-state index in [0.717, 1.165) is 28.2 Å². The zero-order valence-corrected chi connectivity index (χ0v) is 13.7. The van der Waals surface area contributed by atoms with Gasteiger partial charge in [0, 0.05) is 10.9 Å². The third-order valence-corrected chi connectivity index (χ3v) is 4.30. The molecule has 0 radical (unpaired) electrons. The molecule has 1 saturated carbocycles. The Labute approximate surface area is 141 Å². The van der Waals surface area contributed by atoms with Crippen molar-refractivity contribution in [3.63, 3.8) is 0 Å². The Morgan fingerprint density at radius 1 is 1.21 bits per heavy atom. The maximum absolute atomic E-state index is 11.9. The Morgan fingerprint density at radius 3 is 2.42 bits per heavy atom. The third-order valence-electron chi connectivity index (χ3n) is 3.36. The summed E-state index contributed by atoms with van der Waals surface area (Å²) in [6.07, 6.45) is 2.38. The standard InChI is InChI=1S/C11H10N4S.C6H4F2/c1-6-4-8-10(13-7-2-3-7)14-9(5-12)15-11(8)16-6;7-5-3-1-2-4-6(5)8/h4,7H,2-3H2,1H3,(H,13,14,15);1-4H. The molecule has 0 aliphatic heterocycles. The molecule has 0 amide bonds. The van der Waals surface area contributed by atoms with Crippen LogP contribution in [0.4, 0.5) is 14.6 Å². The lowest BCUT2D eigenvalue weighted by Gasteiger charge is -2.04. The Kier molecular flexibility index (Phi) is 4.67. The molecule has 4 nitrogen and oxygen atoms in total. The first-order valence-electron chi connectivity index (χ1n) is 7.41. The lowest BCUT2D eigenvalue weighted by atomic mass is 10.3. The zero-order valence-electron chi connectivity index (χ0n) is 12.9. The fraction of sp³-hybridized carbons (Fsp3) is 0.235. The topological polar surface area (TPSA) is 61.6 Å². The van der Waals surface area contributed by atoms with Gasteiger partial charge < -0.3 is 5.32 Å². The quantitative estimate of drug-likeness (QED) is 0.748. The number of aromatic nitrogens is 2. The molecule has 0 saturated heterocycles. The number of aryl methyl sites for hydroxylation is 1. The number of hydrogen-bond acceptors (Lipinski definition) is 5. The van der Waals surface area contributed by atoms with Gasteiger partial charge >= 0.3 is 0 Å². The Hall–Kier alpha value is -2.59. The van der Waals surface area contributed by atoms with Gasteiger partial charge in [0.15, 0.2) is 11.6 Å². The smallest absolute Gasteiger partial charge is 0.235 e. The van der Waals surface area contributed by atoms with Gasteiger partial charge in [-0.1, -0.05) is 12.1 Å². The number of fused-ring (bicyclic) bond motifs is 1. The van der Waals surface area contributed by atoms with Gasteiger partial charge in [0.25, 0.3) is 0 Å². The molecular weight excluding hydrogens is 330 g/mol. The highest BCUT2D eigenvalue weighted by atomic mass is 32.1. The minimum atomic E-state index is -0.799. The third kappa shape index (κ3) is 3.84. The maximum atomic E-state index is 11.9. The maximum Gasteiger partial charge on any atom is 0.235 e. The number of thiophene rings is 1. The summed E-state index contributed by atoms with van der Waals surface area (Å²) in [6, 6.07) is 9.66. The van der Waals surface area contributed by atoms with E-state index in [1.54, 1.807) is 11.3 Å². The predicted octanol–water partition coefficient (Wildman–Crippen LogP) is 4.41. The van der Waals surface area contributed by atoms with E-state index in [0.29, 0.717) is 6.04 Å². The fourth-order valence-electron chi connectivity index (χ4n) is 2.06. The number of benzene rings is 1. The molecule has 0 bridgehead atoms. The second-order valence-electron chi connectivity index (χ2n) is 5.42. The van der Waals surface area contributed by atoms with Crippen LogP contribution in [0.25, 0.3) is 10.2 Å². The van der Waals surface area contributed by atoms with Crippen LogP contribution in [-0.2, 0) is 0 Å². The molecule has 7 heteroatoms. The molecule has 0 spiro atoms. The molecule has 122 valence electrons. The monoisotopic (exact) mass is 344 g/mol. The van der Waals surface area contributed by atoms with E-state index in [9.17, 15) is 8.78 Å². The summed E-state index contributed by atoms with van der Waals surface area (Å²) >= 11 is 1.60. The van der Waals surface area contributed by atoms with E-state index < -0.39 is 11.6 Å². The van der Waals surface area contributed by atoms with Crippen LogP contribution in [-0.4, -0.2) is 16.0 Å². The molecule has 1 aliphatic carbocycles. The summed E-state index contributed by atoms with van der Waals surface area (Å²) in [7, 11) is 0. The SMILES string of the molecule is Cc1cc2c(NC3CC3)nc(C#N)nc2s1.Fc1ccccc1F. The highest BCUT2D eigenvalue weighted by Crippen LogP contribution is 2.31. The van der Waals surface area contributed by atoms with Crippen LogP contribution in [0, 0.1) is 29.9 Å². The minimum absolute atomic E-state index is 0.248. The molecule has 1 N–H and O–H groups in total. The summed E-state index contributed by atoms with van der Waals surface area (Å²) in [5.74, 6) is -0.536. The van der Waals surface area contributed by atoms with E-state index >= 15 is 0 Å². The highest BCUT2D eigenvalue weighted by molar-refractivity contribution is 7.18. The van der Waals surface area contributed by atoms with Crippen molar-refractivity contribution >= 4 is 27.4 Å². The lowest BCUT2D eigenvalue weighted by Crippen LogP contribution is -2.05. The zero-order chi connectivity index (χ0) is 17.1. The molecule has 0 unspecified atom stereocenters. The minimum Gasteiger partial charge on any atom is -0.367 e. The van der Waals surface area contributed by atoms with Crippen LogP contribution in [0.15, 0.2) is 30.3 Å². The molecule has 4 rings (SSSR count). The lowest BCUT2D eigenvalue weighted by molar-refractivity contribution is 0.508. The Morgan fingerprint density at radius 2 is 1.88 bits per heavy atom. The molecule has 1 fully saturated rings. The molecule has 2 aromatic heterocycles. The average Bonchev–Trinajstić information content (AvgIpc) is 3.29. The predicted molar refractivity (Wildman–Crippen MR) is 89.9 cm³/mol. The Bertz CT molecular complexity index is 892. The van der Waals surface area contributed by atoms with Crippen molar-refractivity contribution < 1.29 is 8.78 Å². The molecule has 24 heavy (non-hydrogen) atoms. The number of nitriles is 1. The number of rotatable bonds is 2. The van der Waals surface area contributed by atoms with Crippen molar-refractivity contribution in [2.75, 3.05) is 5.32 Å². The second kappa shape index (κ2) is 6.89. The van der Waals surface area contributed by atoms with Crippen LogP contribution in [0.1, 0.15) is 23.5 Å². The fourth-order valence-corrected chi connectivity index (χ4v) is 2.94. The van der Waals surface area contributed by atoms with Gasteiger partial charge in [-0.2, -0.15) is 5.26 Å². The van der Waals surface area contributed by atoms with E-state index in [1.165, 1.54) is 29.9 Å². The van der Waals surface area contributed by atoms with Gasteiger partial charge in [-0.25, -0.2) is 18.7 Å². The second-order valence-corrected chi connectivity index (χ2v) is 6.65. The first-order chi connectivity index (χ1) is 11.6. The molecule has 1 aromatic carbocycles. The van der Waals surface area contributed by atoms with Crippen LogP contribution in [0.5, 0.6) is 0 Å². The van der Waals surface area contributed by atoms with Crippen molar-refractivity contribution in [1.82, 2.24) is 9.97 Å². The van der Waals surface area contributed by atoms with Crippen LogP contribution >= 0.6 is 11.3 Å². The molecule has 2 heterocycles.